The summed E-state index contributed by atoms with van der Waals surface area (Å²) in [6.07, 6.45) is 21.1. The Kier molecular flexibility index (Phi) is 5.38. The van der Waals surface area contributed by atoms with Crippen LogP contribution in [0.3, 0.4) is 0 Å². The quantitative estimate of drug-likeness (QED) is 0.377. The molecule has 5 unspecified atom stereocenters. The molecule has 2 heteroatoms. The van der Waals surface area contributed by atoms with Crippen molar-refractivity contribution in [1.82, 2.24) is 0 Å². The lowest BCUT2D eigenvalue weighted by Crippen LogP contribution is -2.31. The van der Waals surface area contributed by atoms with Gasteiger partial charge < -0.3 is 0 Å². The largest absolute Gasteiger partial charge is 0.122 e. The monoisotopic (exact) mass is 340 g/mol. The van der Waals surface area contributed by atoms with E-state index in [1.54, 1.807) is 19.3 Å². The fraction of sp³-hybridized carbons (Fsp3) is 1.00. The fourth-order valence-electron chi connectivity index (χ4n) is 6.39. The average molecular weight is 341 g/mol. The van der Waals surface area contributed by atoms with Gasteiger partial charge in [-0.2, -0.15) is 0 Å². The molecule has 22 heavy (non-hydrogen) atoms. The van der Waals surface area contributed by atoms with E-state index in [2.05, 4.69) is 0 Å². The van der Waals surface area contributed by atoms with E-state index in [1.165, 1.54) is 70.6 Å². The maximum absolute atomic E-state index is 7.22. The lowest BCUT2D eigenvalue weighted by molar-refractivity contribution is 0.311. The van der Waals surface area contributed by atoms with Crippen LogP contribution in [-0.2, 0) is 0 Å². The van der Waals surface area contributed by atoms with Crippen LogP contribution in [0.25, 0.3) is 0 Å². The standard InChI is InChI=1S/C20H34ClP/c21-19-17-13-7-8-14-18(17)22(16-11-5-2-6-12-16)20(19)15-9-3-1-4-10-15/h15-20H,1-14H2. The summed E-state index contributed by atoms with van der Waals surface area (Å²) in [5, 5.41) is 0.557. The Morgan fingerprint density at radius 2 is 1.23 bits per heavy atom. The first-order chi connectivity index (χ1) is 10.9. The minimum Gasteiger partial charge on any atom is -0.122 e. The van der Waals surface area contributed by atoms with Gasteiger partial charge in [0.05, 0.1) is 0 Å². The molecule has 0 aromatic carbocycles. The molecule has 0 bridgehead atoms. The number of halogens is 1. The van der Waals surface area contributed by atoms with Crippen LogP contribution in [-0.4, -0.2) is 22.4 Å². The van der Waals surface area contributed by atoms with Crippen molar-refractivity contribution in [3.8, 4) is 0 Å². The van der Waals surface area contributed by atoms with Gasteiger partial charge in [-0.1, -0.05) is 59.3 Å². The van der Waals surface area contributed by atoms with Crippen LogP contribution < -0.4 is 0 Å². The van der Waals surface area contributed by atoms with Crippen molar-refractivity contribution in [2.24, 2.45) is 11.8 Å². The molecular weight excluding hydrogens is 307 g/mol. The highest BCUT2D eigenvalue weighted by Gasteiger charge is 2.54. The van der Waals surface area contributed by atoms with Gasteiger partial charge in [0, 0.05) is 5.38 Å². The Morgan fingerprint density at radius 1 is 0.636 bits per heavy atom. The minimum absolute atomic E-state index is 0.222. The van der Waals surface area contributed by atoms with Crippen molar-refractivity contribution in [3.63, 3.8) is 0 Å². The van der Waals surface area contributed by atoms with Crippen molar-refractivity contribution >= 4 is 19.5 Å². The summed E-state index contributed by atoms with van der Waals surface area (Å²) in [6.45, 7) is 0. The first kappa shape index (κ1) is 16.2. The molecule has 0 amide bonds. The molecule has 3 aliphatic carbocycles. The van der Waals surface area contributed by atoms with Gasteiger partial charge in [0.1, 0.15) is 0 Å². The zero-order chi connectivity index (χ0) is 14.9. The second-order valence-corrected chi connectivity index (χ2v) is 12.0. The SMILES string of the molecule is ClC1C2CCCCC2P(C2CCCCC2)C1C1CCCCC1. The molecule has 0 nitrogen and oxygen atoms in total. The molecule has 1 heterocycles. The van der Waals surface area contributed by atoms with Crippen LogP contribution in [0.4, 0.5) is 0 Å². The second kappa shape index (κ2) is 7.31. The molecule has 3 saturated carbocycles. The lowest BCUT2D eigenvalue weighted by Gasteiger charge is -2.41. The van der Waals surface area contributed by atoms with E-state index >= 15 is 0 Å². The van der Waals surface area contributed by atoms with Gasteiger partial charge in [-0.25, -0.2) is 0 Å². The van der Waals surface area contributed by atoms with Gasteiger partial charge in [0.2, 0.25) is 0 Å². The smallest absolute Gasteiger partial charge is 0.0440 e. The van der Waals surface area contributed by atoms with Crippen molar-refractivity contribution in [1.29, 1.82) is 0 Å². The first-order valence-corrected chi connectivity index (χ1v) is 12.3. The molecule has 126 valence electrons. The van der Waals surface area contributed by atoms with Crippen molar-refractivity contribution < 1.29 is 0 Å². The molecule has 4 fully saturated rings. The Hall–Kier alpha value is 0.720. The Labute approximate surface area is 143 Å². The van der Waals surface area contributed by atoms with Crippen LogP contribution in [0.5, 0.6) is 0 Å². The molecule has 5 atom stereocenters. The van der Waals surface area contributed by atoms with Gasteiger partial charge in [-0.3, -0.25) is 0 Å². The number of alkyl halides is 1. The van der Waals surface area contributed by atoms with E-state index < -0.39 is 0 Å². The van der Waals surface area contributed by atoms with Crippen molar-refractivity contribution in [2.45, 2.75) is 112 Å². The van der Waals surface area contributed by atoms with Crippen LogP contribution in [0.15, 0.2) is 0 Å². The Balaban J connectivity index is 1.59. The Morgan fingerprint density at radius 3 is 1.95 bits per heavy atom. The van der Waals surface area contributed by atoms with Gasteiger partial charge in [-0.15, -0.1) is 11.6 Å². The predicted molar refractivity (Wildman–Crippen MR) is 99.5 cm³/mol. The molecule has 0 radical (unpaired) electrons. The third-order valence-corrected chi connectivity index (χ3v) is 12.3. The molecule has 0 N–H and O–H groups in total. The third kappa shape index (κ3) is 3.01. The van der Waals surface area contributed by atoms with E-state index in [-0.39, 0.29) is 7.92 Å². The minimum atomic E-state index is 0.222. The maximum atomic E-state index is 7.22. The summed E-state index contributed by atoms with van der Waals surface area (Å²) >= 11 is 7.22. The van der Waals surface area contributed by atoms with Gasteiger partial charge >= 0.3 is 0 Å². The molecule has 0 spiro atoms. The van der Waals surface area contributed by atoms with Crippen LogP contribution >= 0.6 is 19.5 Å². The molecule has 4 aliphatic rings. The summed E-state index contributed by atoms with van der Waals surface area (Å²) < 4.78 is 0. The van der Waals surface area contributed by atoms with E-state index in [1.807, 2.05) is 0 Å². The predicted octanol–water partition coefficient (Wildman–Crippen LogP) is 6.93. The maximum Gasteiger partial charge on any atom is 0.0440 e. The normalized spacial score (nSPS) is 44.9. The zero-order valence-corrected chi connectivity index (χ0v) is 15.8. The molecular formula is C20H34ClP. The van der Waals surface area contributed by atoms with Crippen LogP contribution in [0.1, 0.15) is 89.9 Å². The van der Waals surface area contributed by atoms with E-state index in [0.717, 1.165) is 28.8 Å². The molecule has 0 aromatic heterocycles. The highest BCUT2D eigenvalue weighted by molar-refractivity contribution is 7.60. The van der Waals surface area contributed by atoms with E-state index in [4.69, 9.17) is 11.6 Å². The van der Waals surface area contributed by atoms with Gasteiger partial charge in [0.15, 0.2) is 0 Å². The molecule has 4 rings (SSSR count). The Bertz CT molecular complexity index is 359. The van der Waals surface area contributed by atoms with Gasteiger partial charge in [0.25, 0.3) is 0 Å². The summed E-state index contributed by atoms with van der Waals surface area (Å²) in [5.74, 6) is 1.92. The number of hydrogen-bond donors (Lipinski definition) is 0. The fourth-order valence-corrected chi connectivity index (χ4v) is 12.4. The number of fused-ring (bicyclic) bond motifs is 1. The molecule has 1 saturated heterocycles. The van der Waals surface area contributed by atoms with E-state index in [9.17, 15) is 0 Å². The summed E-state index contributed by atoms with van der Waals surface area (Å²) in [4.78, 5) is 0. The van der Waals surface area contributed by atoms with Crippen molar-refractivity contribution in [3.05, 3.63) is 0 Å². The summed E-state index contributed by atoms with van der Waals surface area (Å²) in [6, 6.07) is 0. The first-order valence-electron chi connectivity index (χ1n) is 10.3. The molecule has 1 aliphatic heterocycles. The topological polar surface area (TPSA) is 0 Å². The third-order valence-electron chi connectivity index (χ3n) is 7.37. The highest BCUT2D eigenvalue weighted by atomic mass is 35.5. The summed E-state index contributed by atoms with van der Waals surface area (Å²) in [5.41, 5.74) is 3.12. The number of hydrogen-bond acceptors (Lipinski definition) is 0. The lowest BCUT2D eigenvalue weighted by atomic mass is 9.80. The highest BCUT2D eigenvalue weighted by Crippen LogP contribution is 2.70. The van der Waals surface area contributed by atoms with Gasteiger partial charge in [-0.05, 0) is 67.3 Å². The zero-order valence-electron chi connectivity index (χ0n) is 14.2. The van der Waals surface area contributed by atoms with Crippen molar-refractivity contribution in [2.75, 3.05) is 0 Å². The van der Waals surface area contributed by atoms with E-state index in [0.29, 0.717) is 5.38 Å². The van der Waals surface area contributed by atoms with Crippen LogP contribution in [0, 0.1) is 11.8 Å². The number of rotatable bonds is 2. The summed E-state index contributed by atoms with van der Waals surface area (Å²) in [7, 11) is 0.222. The molecule has 0 aromatic rings. The second-order valence-electron chi connectivity index (χ2n) is 8.59. The van der Waals surface area contributed by atoms with Crippen LogP contribution in [0.2, 0.25) is 0 Å². The average Bonchev–Trinajstić information content (AvgIpc) is 2.90.